The van der Waals surface area contributed by atoms with E-state index in [2.05, 4.69) is 20.1 Å². The zero-order valence-corrected chi connectivity index (χ0v) is 23.5. The van der Waals surface area contributed by atoms with E-state index in [1.54, 1.807) is 37.2 Å². The third kappa shape index (κ3) is 7.71. The molecule has 40 heavy (non-hydrogen) atoms. The van der Waals surface area contributed by atoms with E-state index in [-0.39, 0.29) is 18.1 Å². The smallest absolute Gasteiger partial charge is 0.459 e. The molecule has 14 nitrogen and oxygen atoms in total. The van der Waals surface area contributed by atoms with Crippen molar-refractivity contribution < 1.29 is 42.2 Å². The predicted molar refractivity (Wildman–Crippen MR) is 140 cm³/mol. The average Bonchev–Trinajstić information content (AvgIpc) is 3.10. The number of aliphatic hydroxyl groups excluding tert-OH is 1. The Morgan fingerprint density at radius 1 is 1.30 bits per heavy atom. The summed E-state index contributed by atoms with van der Waals surface area (Å²) in [5.41, 5.74) is -3.45. The highest BCUT2D eigenvalue weighted by Crippen LogP contribution is 2.47. The first kappa shape index (κ1) is 31.3. The molecule has 0 bridgehead atoms. The number of nitrogens with zero attached hydrogens (tertiary/aromatic N) is 3. The zero-order valence-electron chi connectivity index (χ0n) is 22.6. The fourth-order valence-corrected chi connectivity index (χ4v) is 5.33. The van der Waals surface area contributed by atoms with Gasteiger partial charge in [0.15, 0.2) is 11.9 Å². The lowest BCUT2D eigenvalue weighted by Gasteiger charge is -2.25. The zero-order chi connectivity index (χ0) is 29.7. The first-order valence-corrected chi connectivity index (χ1v) is 13.7. The molecule has 1 aliphatic heterocycles. The Hall–Kier alpha value is -3.20. The lowest BCUT2D eigenvalue weighted by molar-refractivity contribution is -0.142. The van der Waals surface area contributed by atoms with E-state index in [1.165, 1.54) is 31.3 Å². The summed E-state index contributed by atoms with van der Waals surface area (Å²) in [4.78, 5) is 41.9. The van der Waals surface area contributed by atoms with Crippen molar-refractivity contribution in [3.05, 3.63) is 53.1 Å². The topological polar surface area (TPSA) is 171 Å². The van der Waals surface area contributed by atoms with Gasteiger partial charge in [-0.2, -0.15) is 10.1 Å². The Morgan fingerprint density at radius 2 is 1.98 bits per heavy atom. The summed E-state index contributed by atoms with van der Waals surface area (Å²) >= 11 is 0. The van der Waals surface area contributed by atoms with Crippen molar-refractivity contribution in [3.8, 4) is 5.75 Å². The first-order valence-electron chi connectivity index (χ1n) is 12.2. The highest BCUT2D eigenvalue weighted by molar-refractivity contribution is 7.52. The third-order valence-corrected chi connectivity index (χ3v) is 7.45. The van der Waals surface area contributed by atoms with Gasteiger partial charge in [-0.25, -0.2) is 13.8 Å². The number of methoxy groups -OCH3 is 1. The molecule has 2 unspecified atom stereocenters. The van der Waals surface area contributed by atoms with Crippen LogP contribution < -0.4 is 20.6 Å². The second-order valence-corrected chi connectivity index (χ2v) is 11.2. The third-order valence-electron chi connectivity index (χ3n) is 5.81. The minimum absolute atomic E-state index is 0.0445. The van der Waals surface area contributed by atoms with E-state index < -0.39 is 62.1 Å². The Morgan fingerprint density at radius 3 is 2.58 bits per heavy atom. The van der Waals surface area contributed by atoms with E-state index in [9.17, 15) is 24.1 Å². The number of nitrogens with one attached hydrogen (secondary N) is 2. The number of benzene rings is 1. The van der Waals surface area contributed by atoms with Crippen molar-refractivity contribution in [2.45, 2.75) is 44.0 Å². The van der Waals surface area contributed by atoms with Crippen LogP contribution in [0.2, 0.25) is 0 Å². The van der Waals surface area contributed by atoms with Crippen LogP contribution in [0.25, 0.3) is 0 Å². The Bertz CT molecular complexity index is 1290. The molecule has 2 aromatic rings. The number of aliphatic hydroxyl groups is 1. The molecule has 220 valence electrons. The van der Waals surface area contributed by atoms with Gasteiger partial charge in [0.25, 0.3) is 0 Å². The number of likely N-dealkylation sites (N-methyl/N-ethyl adjacent to an activating group) is 1. The van der Waals surface area contributed by atoms with Gasteiger partial charge < -0.3 is 29.3 Å². The lowest BCUT2D eigenvalue weighted by Crippen LogP contribution is -2.43. The Balaban J connectivity index is 1.77. The van der Waals surface area contributed by atoms with Gasteiger partial charge in [-0.3, -0.25) is 18.7 Å². The maximum absolute atomic E-state index is 15.7. The molecule has 6 atom stereocenters. The molecule has 1 fully saturated rings. The number of amides is 1. The lowest BCUT2D eigenvalue weighted by atomic mass is 9.98. The molecule has 1 aromatic heterocycles. The van der Waals surface area contributed by atoms with Crippen LogP contribution in [-0.2, 0) is 28.2 Å². The van der Waals surface area contributed by atoms with Crippen LogP contribution in [0.5, 0.6) is 5.75 Å². The second-order valence-electron chi connectivity index (χ2n) is 9.48. The van der Waals surface area contributed by atoms with Crippen molar-refractivity contribution >= 4 is 25.4 Å². The fraction of sp³-hybridized carbons (Fsp3) is 0.500. The maximum atomic E-state index is 15.7. The quantitative estimate of drug-likeness (QED) is 0.240. The molecule has 2 heterocycles. The summed E-state index contributed by atoms with van der Waals surface area (Å²) in [6.07, 6.45) is -3.71. The van der Waals surface area contributed by atoms with Crippen LogP contribution >= 0.6 is 7.75 Å². The van der Waals surface area contributed by atoms with Gasteiger partial charge in [0.05, 0.1) is 20.3 Å². The summed E-state index contributed by atoms with van der Waals surface area (Å²) in [7, 11) is 0.229. The molecule has 1 aliphatic rings. The molecule has 0 radical (unpaired) electrons. The fourth-order valence-electron chi connectivity index (χ4n) is 3.83. The Labute approximate surface area is 230 Å². The van der Waals surface area contributed by atoms with E-state index in [0.29, 0.717) is 0 Å². The number of rotatable bonds is 12. The molecule has 0 aliphatic carbocycles. The van der Waals surface area contributed by atoms with Gasteiger partial charge >= 0.3 is 19.4 Å². The number of aromatic nitrogens is 2. The molecule has 16 heteroatoms. The Kier molecular flexibility index (Phi) is 10.2. The second kappa shape index (κ2) is 13.0. The van der Waals surface area contributed by atoms with Crippen LogP contribution in [0.1, 0.15) is 20.1 Å². The number of alkyl halides is 1. The van der Waals surface area contributed by atoms with Gasteiger partial charge in [-0.05, 0) is 46.1 Å². The molecule has 0 spiro atoms. The number of halogens is 1. The number of para-hydroxylation sites is 1. The highest BCUT2D eigenvalue weighted by atomic mass is 31.2. The number of esters is 1. The molecular formula is C24H33FN5O9P. The van der Waals surface area contributed by atoms with Crippen LogP contribution in [0.4, 0.5) is 10.2 Å². The molecule has 1 saturated heterocycles. The first-order chi connectivity index (χ1) is 18.8. The van der Waals surface area contributed by atoms with Crippen LogP contribution in [0, 0.1) is 0 Å². The summed E-state index contributed by atoms with van der Waals surface area (Å²) in [6.45, 7) is 1.80. The number of ether oxygens (including phenoxy) is 2. The van der Waals surface area contributed by atoms with Crippen molar-refractivity contribution in [2.75, 3.05) is 39.7 Å². The van der Waals surface area contributed by atoms with E-state index >= 15 is 4.39 Å². The molecule has 3 rings (SSSR count). The highest BCUT2D eigenvalue weighted by Gasteiger charge is 2.56. The maximum Gasteiger partial charge on any atom is 0.459 e. The standard InChI is InChI=1S/C24H33FN5O9P/c1-15(21(33)36-5)28-40(35,39-16-9-7-6-8-10-16)37-14-17-20(32)24(2,25)22(38-17)30-12-11-18(27-23(30)34)26-19(31)13-29(3)4/h6-12,15,17,20,22,32H,13-14H2,1-5H3,(H,28,35)(H,26,27,31,34)/t15-,17?,20-,22-,24-,40?/m1/s1. The van der Waals surface area contributed by atoms with Gasteiger partial charge in [0, 0.05) is 6.20 Å². The number of anilines is 1. The molecule has 3 N–H and O–H groups in total. The largest absolute Gasteiger partial charge is 0.468 e. The molecule has 1 amide bonds. The van der Waals surface area contributed by atoms with Crippen molar-refractivity contribution in [1.29, 1.82) is 0 Å². The SMILES string of the molecule is COC(=O)[C@@H](C)NP(=O)(OCC1O[C@@H](n2ccc(NC(=O)CN(C)C)nc2=O)[C@](C)(F)[C@@H]1O)Oc1ccccc1. The molecule has 0 saturated carbocycles. The van der Waals surface area contributed by atoms with E-state index in [0.717, 1.165) is 18.6 Å². The van der Waals surface area contributed by atoms with Gasteiger partial charge in [0.2, 0.25) is 5.91 Å². The predicted octanol–water partition coefficient (Wildman–Crippen LogP) is 1.08. The van der Waals surface area contributed by atoms with Crippen LogP contribution in [0.3, 0.4) is 0 Å². The summed E-state index contributed by atoms with van der Waals surface area (Å²) < 4.78 is 51.3. The van der Waals surface area contributed by atoms with Crippen LogP contribution in [0.15, 0.2) is 47.4 Å². The van der Waals surface area contributed by atoms with Crippen molar-refractivity contribution in [2.24, 2.45) is 0 Å². The number of carbonyl (C=O) groups excluding carboxylic acids is 2. The summed E-state index contributed by atoms with van der Waals surface area (Å²) in [5, 5.41) is 15.6. The number of hydrogen-bond donors (Lipinski definition) is 3. The summed E-state index contributed by atoms with van der Waals surface area (Å²) in [5.74, 6) is -1.06. The van der Waals surface area contributed by atoms with Crippen molar-refractivity contribution in [3.63, 3.8) is 0 Å². The molecular weight excluding hydrogens is 552 g/mol. The van der Waals surface area contributed by atoms with Gasteiger partial charge in [-0.15, -0.1) is 0 Å². The monoisotopic (exact) mass is 585 g/mol. The van der Waals surface area contributed by atoms with Gasteiger partial charge in [-0.1, -0.05) is 18.2 Å². The van der Waals surface area contributed by atoms with Crippen LogP contribution in [-0.4, -0.2) is 89.7 Å². The van der Waals surface area contributed by atoms with E-state index in [1.807, 2.05) is 0 Å². The summed E-state index contributed by atoms with van der Waals surface area (Å²) in [6, 6.07) is 8.12. The number of carbonyl (C=O) groups is 2. The minimum Gasteiger partial charge on any atom is -0.468 e. The normalized spacial score (nSPS) is 24.8. The average molecular weight is 586 g/mol. The number of hydrogen-bond acceptors (Lipinski definition) is 11. The van der Waals surface area contributed by atoms with E-state index in [4.69, 9.17) is 13.8 Å². The van der Waals surface area contributed by atoms with Gasteiger partial charge in [0.1, 0.15) is 29.8 Å². The molecule has 1 aromatic carbocycles. The minimum atomic E-state index is -4.31. The van der Waals surface area contributed by atoms with Crippen molar-refractivity contribution in [1.82, 2.24) is 19.5 Å².